The number of benzene rings is 1. The molecule has 1 amide bonds. The van der Waals surface area contributed by atoms with E-state index in [0.29, 0.717) is 6.42 Å². The van der Waals surface area contributed by atoms with Crippen LogP contribution in [-0.2, 0) is 10.2 Å². The standard InChI is InChI=1S/C15H21ClN2O/c1-17-10-2-3-14(19)18-11-15(8-9-15)12-4-6-13(16)7-5-12/h4-7,17H,2-3,8-11H2,1H3,(H,18,19). The Kier molecular flexibility index (Phi) is 4.83. The summed E-state index contributed by atoms with van der Waals surface area (Å²) in [6.45, 7) is 1.63. The van der Waals surface area contributed by atoms with E-state index in [2.05, 4.69) is 22.8 Å². The van der Waals surface area contributed by atoms with E-state index in [1.165, 1.54) is 5.56 Å². The summed E-state index contributed by atoms with van der Waals surface area (Å²) >= 11 is 5.90. The van der Waals surface area contributed by atoms with Crippen LogP contribution in [0.25, 0.3) is 0 Å². The summed E-state index contributed by atoms with van der Waals surface area (Å²) in [7, 11) is 1.90. The average Bonchev–Trinajstić information content (AvgIpc) is 3.19. The van der Waals surface area contributed by atoms with Crippen molar-refractivity contribution in [3.05, 3.63) is 34.9 Å². The van der Waals surface area contributed by atoms with E-state index in [1.807, 2.05) is 19.2 Å². The second kappa shape index (κ2) is 6.40. The molecule has 0 heterocycles. The Morgan fingerprint density at radius 3 is 2.58 bits per heavy atom. The highest BCUT2D eigenvalue weighted by Gasteiger charge is 2.44. The Bertz CT molecular complexity index is 426. The summed E-state index contributed by atoms with van der Waals surface area (Å²) < 4.78 is 0. The Morgan fingerprint density at radius 2 is 2.00 bits per heavy atom. The number of hydrogen-bond acceptors (Lipinski definition) is 2. The van der Waals surface area contributed by atoms with Crippen molar-refractivity contribution < 1.29 is 4.79 Å². The van der Waals surface area contributed by atoms with Gasteiger partial charge >= 0.3 is 0 Å². The van der Waals surface area contributed by atoms with Crippen LogP contribution in [0.4, 0.5) is 0 Å². The van der Waals surface area contributed by atoms with Crippen molar-refractivity contribution in [2.75, 3.05) is 20.1 Å². The minimum atomic E-state index is 0.149. The van der Waals surface area contributed by atoms with Gasteiger partial charge in [0.2, 0.25) is 5.91 Å². The topological polar surface area (TPSA) is 41.1 Å². The fraction of sp³-hybridized carbons (Fsp3) is 0.533. The second-order valence-corrected chi connectivity index (χ2v) is 5.71. The molecule has 0 unspecified atom stereocenters. The Labute approximate surface area is 119 Å². The average molecular weight is 281 g/mol. The van der Waals surface area contributed by atoms with Crippen LogP contribution in [0.3, 0.4) is 0 Å². The van der Waals surface area contributed by atoms with Crippen LogP contribution in [0.5, 0.6) is 0 Å². The van der Waals surface area contributed by atoms with Gasteiger partial charge in [0.25, 0.3) is 0 Å². The molecule has 1 aliphatic rings. The van der Waals surface area contributed by atoms with Gasteiger partial charge in [0, 0.05) is 23.4 Å². The molecule has 1 fully saturated rings. The molecule has 1 aromatic rings. The van der Waals surface area contributed by atoms with Crippen molar-refractivity contribution in [3.8, 4) is 0 Å². The summed E-state index contributed by atoms with van der Waals surface area (Å²) in [5.41, 5.74) is 1.44. The summed E-state index contributed by atoms with van der Waals surface area (Å²) in [5, 5.41) is 6.86. The Morgan fingerprint density at radius 1 is 1.32 bits per heavy atom. The number of hydrogen-bond donors (Lipinski definition) is 2. The highest BCUT2D eigenvalue weighted by molar-refractivity contribution is 6.30. The molecule has 2 rings (SSSR count). The van der Waals surface area contributed by atoms with E-state index in [1.54, 1.807) is 0 Å². The number of halogens is 1. The first kappa shape index (κ1) is 14.4. The lowest BCUT2D eigenvalue weighted by molar-refractivity contribution is -0.121. The molecule has 1 saturated carbocycles. The van der Waals surface area contributed by atoms with Crippen molar-refractivity contribution in [3.63, 3.8) is 0 Å². The third-order valence-corrected chi connectivity index (χ3v) is 4.02. The fourth-order valence-electron chi connectivity index (χ4n) is 2.30. The molecule has 4 heteroatoms. The lowest BCUT2D eigenvalue weighted by Crippen LogP contribution is -2.32. The molecule has 1 aromatic carbocycles. The van der Waals surface area contributed by atoms with Crippen molar-refractivity contribution in [2.24, 2.45) is 0 Å². The number of rotatable bonds is 7. The van der Waals surface area contributed by atoms with Crippen molar-refractivity contribution in [1.29, 1.82) is 0 Å². The number of carbonyl (C=O) groups excluding carboxylic acids is 1. The number of nitrogens with one attached hydrogen (secondary N) is 2. The first-order chi connectivity index (χ1) is 9.16. The molecular weight excluding hydrogens is 260 g/mol. The van der Waals surface area contributed by atoms with E-state index in [-0.39, 0.29) is 11.3 Å². The van der Waals surface area contributed by atoms with Gasteiger partial charge < -0.3 is 10.6 Å². The predicted octanol–water partition coefficient (Wildman–Crippen LogP) is 2.49. The summed E-state index contributed by atoms with van der Waals surface area (Å²) in [4.78, 5) is 11.7. The maximum atomic E-state index is 11.7. The second-order valence-electron chi connectivity index (χ2n) is 5.27. The molecule has 3 nitrogen and oxygen atoms in total. The fourth-order valence-corrected chi connectivity index (χ4v) is 2.43. The van der Waals surface area contributed by atoms with Crippen molar-refractivity contribution in [1.82, 2.24) is 10.6 Å². The van der Waals surface area contributed by atoms with Crippen LogP contribution >= 0.6 is 11.6 Å². The van der Waals surface area contributed by atoms with Crippen LogP contribution < -0.4 is 10.6 Å². The first-order valence-electron chi connectivity index (χ1n) is 6.84. The predicted molar refractivity (Wildman–Crippen MR) is 78.5 cm³/mol. The normalized spacial score (nSPS) is 16.1. The molecule has 0 aliphatic heterocycles. The molecule has 0 radical (unpaired) electrons. The summed E-state index contributed by atoms with van der Waals surface area (Å²) in [5.74, 6) is 0.149. The summed E-state index contributed by atoms with van der Waals surface area (Å²) in [6, 6.07) is 7.99. The van der Waals surface area contributed by atoms with Gasteiger partial charge in [-0.15, -0.1) is 0 Å². The minimum Gasteiger partial charge on any atom is -0.355 e. The van der Waals surface area contributed by atoms with Crippen LogP contribution in [0.2, 0.25) is 5.02 Å². The van der Waals surface area contributed by atoms with E-state index < -0.39 is 0 Å². The smallest absolute Gasteiger partial charge is 0.220 e. The highest BCUT2D eigenvalue weighted by Crippen LogP contribution is 2.47. The molecule has 104 valence electrons. The number of carbonyl (C=O) groups is 1. The zero-order chi connectivity index (χ0) is 13.7. The molecule has 0 spiro atoms. The maximum Gasteiger partial charge on any atom is 0.220 e. The van der Waals surface area contributed by atoms with E-state index in [9.17, 15) is 4.79 Å². The highest BCUT2D eigenvalue weighted by atomic mass is 35.5. The van der Waals surface area contributed by atoms with Gasteiger partial charge in [0.15, 0.2) is 0 Å². The molecule has 2 N–H and O–H groups in total. The molecule has 0 bridgehead atoms. The van der Waals surface area contributed by atoms with Crippen LogP contribution in [-0.4, -0.2) is 26.0 Å². The Balaban J connectivity index is 1.82. The minimum absolute atomic E-state index is 0.149. The van der Waals surface area contributed by atoms with Gasteiger partial charge in [-0.2, -0.15) is 0 Å². The Hall–Kier alpha value is -1.06. The molecular formula is C15H21ClN2O. The van der Waals surface area contributed by atoms with Crippen LogP contribution in [0.1, 0.15) is 31.2 Å². The summed E-state index contributed by atoms with van der Waals surface area (Å²) in [6.07, 6.45) is 3.77. The third kappa shape index (κ3) is 3.95. The SMILES string of the molecule is CNCCCC(=O)NCC1(c2ccc(Cl)cc2)CC1. The van der Waals surface area contributed by atoms with Gasteiger partial charge in [0.05, 0.1) is 0 Å². The van der Waals surface area contributed by atoms with E-state index >= 15 is 0 Å². The van der Waals surface area contributed by atoms with Gasteiger partial charge in [-0.1, -0.05) is 23.7 Å². The zero-order valence-electron chi connectivity index (χ0n) is 11.3. The van der Waals surface area contributed by atoms with Gasteiger partial charge in [-0.05, 0) is 50.6 Å². The van der Waals surface area contributed by atoms with Gasteiger partial charge in [0.1, 0.15) is 0 Å². The molecule has 0 atom stereocenters. The molecule has 0 aromatic heterocycles. The van der Waals surface area contributed by atoms with E-state index in [4.69, 9.17) is 11.6 Å². The lowest BCUT2D eigenvalue weighted by atomic mass is 9.96. The lowest BCUT2D eigenvalue weighted by Gasteiger charge is -2.16. The monoisotopic (exact) mass is 280 g/mol. The van der Waals surface area contributed by atoms with Crippen LogP contribution in [0, 0.1) is 0 Å². The maximum absolute atomic E-state index is 11.7. The zero-order valence-corrected chi connectivity index (χ0v) is 12.1. The van der Waals surface area contributed by atoms with Crippen molar-refractivity contribution >= 4 is 17.5 Å². The third-order valence-electron chi connectivity index (χ3n) is 3.76. The van der Waals surface area contributed by atoms with Gasteiger partial charge in [-0.3, -0.25) is 4.79 Å². The molecule has 1 aliphatic carbocycles. The quantitative estimate of drug-likeness (QED) is 0.754. The molecule has 19 heavy (non-hydrogen) atoms. The first-order valence-corrected chi connectivity index (χ1v) is 7.21. The van der Waals surface area contributed by atoms with E-state index in [0.717, 1.165) is 37.4 Å². The molecule has 0 saturated heterocycles. The largest absolute Gasteiger partial charge is 0.355 e. The van der Waals surface area contributed by atoms with Gasteiger partial charge in [-0.25, -0.2) is 0 Å². The van der Waals surface area contributed by atoms with Crippen molar-refractivity contribution in [2.45, 2.75) is 31.1 Å². The number of amides is 1. The van der Waals surface area contributed by atoms with Crippen LogP contribution in [0.15, 0.2) is 24.3 Å².